The standard InChI is InChI=1S/C40H47F5N6O9S/c1-36(13-14-36)61(57,58)49-34(54)39-18-23(39)7-5-3-2-4-6-8-28(47-35(55)56)33(53)51-20-37(19-29(51)32(52)48-39)12-11-25-26-17-24(59-16-15-50-21-38(41,42)22-50)9-10-27(26)46-31(30(25)60-37)40(43,44)45/h5,7,9-10,17,23,28-29,47H,2-4,6,8,11-16,18-22H2,1H3,(H,48,52)(H,49,54)(H,55,56)/t23-,28+,29+,37-,39-/m1/s1. The lowest BCUT2D eigenvalue weighted by molar-refractivity contribution is -0.144. The molecule has 1 aromatic carbocycles. The second-order valence-corrected chi connectivity index (χ2v) is 19.8. The molecule has 1 spiro atoms. The minimum atomic E-state index is -5.01. The van der Waals surface area contributed by atoms with Gasteiger partial charge in [0.1, 0.15) is 35.6 Å². The molecule has 4 aliphatic heterocycles. The highest BCUT2D eigenvalue weighted by Crippen LogP contribution is 2.50. The van der Waals surface area contributed by atoms with Gasteiger partial charge in [-0.15, -0.1) is 0 Å². The summed E-state index contributed by atoms with van der Waals surface area (Å²) in [7, 11) is -4.13. The average Bonchev–Trinajstić information content (AvgIpc) is 4.06. The van der Waals surface area contributed by atoms with Gasteiger partial charge in [0.15, 0.2) is 11.4 Å². The largest absolute Gasteiger partial charge is 0.492 e. The van der Waals surface area contributed by atoms with Crippen LogP contribution in [-0.4, -0.2) is 119 Å². The van der Waals surface area contributed by atoms with Crippen LogP contribution in [0, 0.1) is 5.92 Å². The highest BCUT2D eigenvalue weighted by atomic mass is 32.2. The van der Waals surface area contributed by atoms with Crippen LogP contribution in [0.3, 0.4) is 0 Å². The van der Waals surface area contributed by atoms with E-state index in [1.54, 1.807) is 6.08 Å². The zero-order chi connectivity index (χ0) is 43.8. The molecule has 5 heterocycles. The Kier molecular flexibility index (Phi) is 10.7. The Balaban J connectivity index is 1.12. The van der Waals surface area contributed by atoms with E-state index in [2.05, 4.69) is 20.3 Å². The number of fused-ring (bicyclic) bond motifs is 5. The third kappa shape index (κ3) is 8.43. The van der Waals surface area contributed by atoms with E-state index in [9.17, 15) is 54.7 Å². The summed E-state index contributed by atoms with van der Waals surface area (Å²) in [5.41, 5.74) is -4.53. The zero-order valence-electron chi connectivity index (χ0n) is 33.3. The van der Waals surface area contributed by atoms with E-state index >= 15 is 0 Å². The molecule has 1 aromatic heterocycles. The molecule has 61 heavy (non-hydrogen) atoms. The number of aromatic nitrogens is 1. The molecule has 8 rings (SSSR count). The average molecular weight is 883 g/mol. The monoisotopic (exact) mass is 882 g/mol. The van der Waals surface area contributed by atoms with Crippen LogP contribution < -0.4 is 24.8 Å². The second-order valence-electron chi connectivity index (χ2n) is 17.6. The predicted octanol–water partition coefficient (Wildman–Crippen LogP) is 4.28. The predicted molar refractivity (Wildman–Crippen MR) is 206 cm³/mol. The zero-order valence-corrected chi connectivity index (χ0v) is 34.1. The summed E-state index contributed by atoms with van der Waals surface area (Å²) in [6, 6.07) is 1.48. The summed E-state index contributed by atoms with van der Waals surface area (Å²) in [6.45, 7) is 0.526. The number of carbonyl (C=O) groups is 4. The number of pyridine rings is 1. The molecule has 2 aliphatic carbocycles. The molecule has 5 atom stereocenters. The number of aryl methyl sites for hydroxylation is 1. The number of benzene rings is 1. The summed E-state index contributed by atoms with van der Waals surface area (Å²) < 4.78 is 110. The van der Waals surface area contributed by atoms with E-state index in [1.165, 1.54) is 30.0 Å². The quantitative estimate of drug-likeness (QED) is 0.218. The van der Waals surface area contributed by atoms with Gasteiger partial charge >= 0.3 is 12.3 Å². The molecule has 4 fully saturated rings. The van der Waals surface area contributed by atoms with Crippen molar-refractivity contribution in [2.75, 3.05) is 32.8 Å². The molecule has 21 heteroatoms. The van der Waals surface area contributed by atoms with Crippen LogP contribution in [0.4, 0.5) is 26.7 Å². The lowest BCUT2D eigenvalue weighted by Gasteiger charge is -2.38. The van der Waals surface area contributed by atoms with Crippen LogP contribution in [0.15, 0.2) is 30.4 Å². The normalized spacial score (nSPS) is 29.7. The first-order valence-electron chi connectivity index (χ1n) is 20.4. The Morgan fingerprint density at radius 1 is 1.08 bits per heavy atom. The maximum Gasteiger partial charge on any atom is 0.437 e. The highest BCUT2D eigenvalue weighted by Gasteiger charge is 2.64. The number of rotatable bonds is 8. The first kappa shape index (κ1) is 42.9. The van der Waals surface area contributed by atoms with E-state index in [0.717, 1.165) is 4.90 Å². The molecular formula is C40H47F5N6O9S. The molecule has 2 saturated carbocycles. The molecule has 2 saturated heterocycles. The van der Waals surface area contributed by atoms with Crippen LogP contribution in [0.2, 0.25) is 0 Å². The van der Waals surface area contributed by atoms with Crippen LogP contribution in [0.25, 0.3) is 10.9 Å². The minimum Gasteiger partial charge on any atom is -0.492 e. The van der Waals surface area contributed by atoms with Crippen LogP contribution in [0.1, 0.15) is 82.4 Å². The second kappa shape index (κ2) is 15.2. The van der Waals surface area contributed by atoms with E-state index in [-0.39, 0.29) is 67.5 Å². The van der Waals surface area contributed by atoms with Gasteiger partial charge in [0, 0.05) is 29.8 Å². The first-order valence-corrected chi connectivity index (χ1v) is 21.9. The van der Waals surface area contributed by atoms with Crippen molar-refractivity contribution in [3.63, 3.8) is 0 Å². The van der Waals surface area contributed by atoms with Crippen LogP contribution in [0.5, 0.6) is 11.5 Å². The number of alkyl halides is 5. The summed E-state index contributed by atoms with van der Waals surface area (Å²) in [6.07, 6.45) is -0.315. The van der Waals surface area contributed by atoms with Gasteiger partial charge in [-0.25, -0.2) is 27.0 Å². The molecule has 6 aliphatic rings. The number of hydrogen-bond donors (Lipinski definition) is 4. The Bertz CT molecular complexity index is 2280. The van der Waals surface area contributed by atoms with Crippen molar-refractivity contribution in [2.45, 2.75) is 118 Å². The molecule has 15 nitrogen and oxygen atoms in total. The van der Waals surface area contributed by atoms with Crippen molar-refractivity contribution >= 4 is 44.7 Å². The smallest absolute Gasteiger partial charge is 0.437 e. The number of carboxylic acid groups (broad SMARTS) is 1. The summed E-state index contributed by atoms with van der Waals surface area (Å²) in [5.74, 6) is -6.36. The Morgan fingerprint density at radius 2 is 1.84 bits per heavy atom. The topological polar surface area (TPSA) is 197 Å². The summed E-state index contributed by atoms with van der Waals surface area (Å²) in [5, 5.41) is 14.9. The van der Waals surface area contributed by atoms with Gasteiger partial charge in [-0.1, -0.05) is 25.0 Å². The van der Waals surface area contributed by atoms with Crippen LogP contribution in [-0.2, 0) is 37.0 Å². The maximum atomic E-state index is 14.8. The number of likely N-dealkylation sites (tertiary alicyclic amines) is 1. The third-order valence-corrected chi connectivity index (χ3v) is 15.1. The van der Waals surface area contributed by atoms with Gasteiger partial charge in [0.25, 0.3) is 11.8 Å². The van der Waals surface area contributed by atoms with Gasteiger partial charge in [0.05, 0.1) is 29.9 Å². The van der Waals surface area contributed by atoms with Crippen molar-refractivity contribution in [1.29, 1.82) is 0 Å². The fourth-order valence-electron chi connectivity index (χ4n) is 9.00. The molecule has 0 radical (unpaired) electrons. The fourth-order valence-corrected chi connectivity index (χ4v) is 10.3. The number of allylic oxidation sites excluding steroid dienone is 1. The Morgan fingerprint density at radius 3 is 2.52 bits per heavy atom. The molecule has 4 amide bonds. The third-order valence-electron chi connectivity index (χ3n) is 12.9. The molecule has 4 N–H and O–H groups in total. The number of nitrogens with zero attached hydrogens (tertiary/aromatic N) is 3. The van der Waals surface area contributed by atoms with Crippen LogP contribution >= 0.6 is 0 Å². The molecule has 0 unspecified atom stereocenters. The van der Waals surface area contributed by atoms with Gasteiger partial charge in [-0.3, -0.25) is 24.0 Å². The van der Waals surface area contributed by atoms with Gasteiger partial charge in [-0.2, -0.15) is 13.2 Å². The summed E-state index contributed by atoms with van der Waals surface area (Å²) >= 11 is 0. The van der Waals surface area contributed by atoms with Crippen molar-refractivity contribution in [3.05, 3.63) is 41.6 Å². The number of amides is 4. The number of halogens is 5. The molecule has 2 aromatic rings. The lowest BCUT2D eigenvalue weighted by atomic mass is 9.87. The maximum absolute atomic E-state index is 14.8. The van der Waals surface area contributed by atoms with Gasteiger partial charge in [-0.05, 0) is 76.5 Å². The van der Waals surface area contributed by atoms with Crippen molar-refractivity contribution in [1.82, 2.24) is 30.1 Å². The van der Waals surface area contributed by atoms with E-state index < -0.39 is 111 Å². The van der Waals surface area contributed by atoms with E-state index in [4.69, 9.17) is 9.47 Å². The molecule has 0 bridgehead atoms. The molecular weight excluding hydrogens is 836 g/mol. The minimum absolute atomic E-state index is 0.00305. The first-order chi connectivity index (χ1) is 28.6. The van der Waals surface area contributed by atoms with Gasteiger partial charge in [0.2, 0.25) is 21.8 Å². The number of ether oxygens (including phenoxy) is 2. The van der Waals surface area contributed by atoms with E-state index in [0.29, 0.717) is 38.5 Å². The number of sulfonamides is 1. The van der Waals surface area contributed by atoms with Crippen molar-refractivity contribution in [3.8, 4) is 11.5 Å². The fraction of sp³-hybridized carbons (Fsp3) is 0.625. The van der Waals surface area contributed by atoms with Crippen molar-refractivity contribution < 1.29 is 64.1 Å². The van der Waals surface area contributed by atoms with Crippen molar-refractivity contribution in [2.24, 2.45) is 5.92 Å². The van der Waals surface area contributed by atoms with E-state index in [1.807, 2.05) is 6.08 Å². The lowest BCUT2D eigenvalue weighted by Crippen LogP contribution is -2.58. The Labute approximate surface area is 347 Å². The summed E-state index contributed by atoms with van der Waals surface area (Å²) in [4.78, 5) is 61.2. The Hall–Kier alpha value is -4.79. The number of nitrogens with one attached hydrogen (secondary N) is 3. The molecule has 332 valence electrons. The SMILES string of the molecule is CC1(S(=O)(=O)NC(=O)[C@@]23C[C@H]2C=CCCCCC[C@H](NC(=O)O)C(=O)N2C[C@@]4(CCc5c(c(C(F)(F)F)nc6ccc(OCCN7CC(F)(F)C7)cc56)O4)C[C@H]2C(=O)N3)CC1. The number of carbonyl (C=O) groups excluding carboxylic acids is 3. The highest BCUT2D eigenvalue weighted by molar-refractivity contribution is 7.91. The number of hydrogen-bond acceptors (Lipinski definition) is 10. The van der Waals surface area contributed by atoms with Gasteiger partial charge < -0.3 is 30.1 Å².